The molecule has 0 heterocycles. The van der Waals surface area contributed by atoms with Crippen molar-refractivity contribution in [3.05, 3.63) is 28.8 Å². The maximum atomic E-state index is 11.2. The number of ether oxygens (including phenoxy) is 1. The predicted molar refractivity (Wildman–Crippen MR) is 85.0 cm³/mol. The summed E-state index contributed by atoms with van der Waals surface area (Å²) in [6, 6.07) is 5.33. The van der Waals surface area contributed by atoms with Gasteiger partial charge in [-0.15, -0.1) is 0 Å². The van der Waals surface area contributed by atoms with Gasteiger partial charge in [-0.1, -0.05) is 44.9 Å². The monoisotopic (exact) mass is 313 g/mol. The van der Waals surface area contributed by atoms with Crippen LogP contribution in [0, 0.1) is 5.92 Å². The van der Waals surface area contributed by atoms with Crippen LogP contribution in [0.25, 0.3) is 0 Å². The number of hydrogen-bond donors (Lipinski definition) is 2. The SMILES string of the molecule is CCCC(Oc1cccc(Cl)c1CNCC(C)C)C(=O)O. The summed E-state index contributed by atoms with van der Waals surface area (Å²) < 4.78 is 5.66. The van der Waals surface area contributed by atoms with E-state index in [2.05, 4.69) is 19.2 Å². The molecule has 1 aromatic rings. The molecule has 1 rings (SSSR count). The number of carbonyl (C=O) groups is 1. The second-order valence-corrected chi connectivity index (χ2v) is 5.88. The molecule has 118 valence electrons. The molecular weight excluding hydrogens is 290 g/mol. The summed E-state index contributed by atoms with van der Waals surface area (Å²) in [5.74, 6) is 0.126. The number of benzene rings is 1. The van der Waals surface area contributed by atoms with E-state index >= 15 is 0 Å². The maximum Gasteiger partial charge on any atom is 0.344 e. The number of rotatable bonds is 9. The molecule has 0 bridgehead atoms. The summed E-state index contributed by atoms with van der Waals surface area (Å²) in [6.45, 7) is 7.60. The van der Waals surface area contributed by atoms with Gasteiger partial charge in [0.15, 0.2) is 6.10 Å². The molecule has 0 fully saturated rings. The van der Waals surface area contributed by atoms with Crippen LogP contribution in [0.5, 0.6) is 5.75 Å². The fraction of sp³-hybridized carbons (Fsp3) is 0.562. The van der Waals surface area contributed by atoms with E-state index in [1.165, 1.54) is 0 Å². The van der Waals surface area contributed by atoms with E-state index in [1.54, 1.807) is 18.2 Å². The standard InChI is InChI=1S/C16H24ClNO3/c1-4-6-15(16(19)20)21-14-8-5-7-13(17)12(14)10-18-9-11(2)3/h5,7-8,11,15,18H,4,6,9-10H2,1-3H3,(H,19,20). The summed E-state index contributed by atoms with van der Waals surface area (Å²) in [7, 11) is 0. The Labute approximate surface area is 131 Å². The van der Waals surface area contributed by atoms with Crippen molar-refractivity contribution in [2.45, 2.75) is 46.3 Å². The molecule has 21 heavy (non-hydrogen) atoms. The number of aliphatic carboxylic acids is 1. The van der Waals surface area contributed by atoms with Crippen LogP contribution >= 0.6 is 11.6 Å². The number of halogens is 1. The summed E-state index contributed by atoms with van der Waals surface area (Å²) in [5.41, 5.74) is 0.808. The van der Waals surface area contributed by atoms with Gasteiger partial charge < -0.3 is 15.2 Å². The molecule has 0 radical (unpaired) electrons. The molecule has 0 spiro atoms. The van der Waals surface area contributed by atoms with E-state index in [-0.39, 0.29) is 0 Å². The third-order valence-corrected chi connectivity index (χ3v) is 3.38. The fourth-order valence-electron chi connectivity index (χ4n) is 1.95. The zero-order chi connectivity index (χ0) is 15.8. The van der Waals surface area contributed by atoms with Gasteiger partial charge >= 0.3 is 5.97 Å². The van der Waals surface area contributed by atoms with Gasteiger partial charge in [0.2, 0.25) is 0 Å². The molecule has 4 nitrogen and oxygen atoms in total. The number of nitrogens with one attached hydrogen (secondary N) is 1. The minimum Gasteiger partial charge on any atom is -0.479 e. The minimum absolute atomic E-state index is 0.473. The Balaban J connectivity index is 2.85. The van der Waals surface area contributed by atoms with E-state index in [0.29, 0.717) is 29.7 Å². The van der Waals surface area contributed by atoms with Gasteiger partial charge in [-0.05, 0) is 31.0 Å². The van der Waals surface area contributed by atoms with Crippen molar-refractivity contribution in [2.24, 2.45) is 5.92 Å². The van der Waals surface area contributed by atoms with E-state index in [4.69, 9.17) is 16.3 Å². The van der Waals surface area contributed by atoms with Gasteiger partial charge in [-0.2, -0.15) is 0 Å². The Bertz CT molecular complexity index is 463. The third kappa shape index (κ3) is 5.94. The predicted octanol–water partition coefficient (Wildman–Crippen LogP) is 3.72. The van der Waals surface area contributed by atoms with E-state index in [9.17, 15) is 9.90 Å². The van der Waals surface area contributed by atoms with Crippen molar-refractivity contribution in [3.8, 4) is 5.75 Å². The minimum atomic E-state index is -0.946. The van der Waals surface area contributed by atoms with Crippen LogP contribution in [0.15, 0.2) is 18.2 Å². The second-order valence-electron chi connectivity index (χ2n) is 5.47. The van der Waals surface area contributed by atoms with Crippen LogP contribution in [-0.4, -0.2) is 23.7 Å². The summed E-state index contributed by atoms with van der Waals surface area (Å²) in [5, 5.41) is 13.1. The van der Waals surface area contributed by atoms with E-state index in [0.717, 1.165) is 18.5 Å². The van der Waals surface area contributed by atoms with Crippen molar-refractivity contribution >= 4 is 17.6 Å². The van der Waals surface area contributed by atoms with Gasteiger partial charge in [0.25, 0.3) is 0 Å². The molecule has 1 unspecified atom stereocenters. The van der Waals surface area contributed by atoms with Crippen LogP contribution in [0.1, 0.15) is 39.2 Å². The molecule has 0 aliphatic heterocycles. The average molecular weight is 314 g/mol. The van der Waals surface area contributed by atoms with Crippen LogP contribution in [0.2, 0.25) is 5.02 Å². The second kappa shape index (κ2) is 8.90. The highest BCUT2D eigenvalue weighted by Gasteiger charge is 2.20. The smallest absolute Gasteiger partial charge is 0.344 e. The van der Waals surface area contributed by atoms with Gasteiger partial charge in [0, 0.05) is 17.1 Å². The third-order valence-electron chi connectivity index (χ3n) is 3.03. The Hall–Kier alpha value is -1.26. The van der Waals surface area contributed by atoms with E-state index in [1.807, 2.05) is 6.92 Å². The maximum absolute atomic E-state index is 11.2. The first-order valence-corrected chi connectivity index (χ1v) is 7.71. The number of hydrogen-bond acceptors (Lipinski definition) is 3. The summed E-state index contributed by atoms with van der Waals surface area (Å²) >= 11 is 6.22. The quantitative estimate of drug-likeness (QED) is 0.729. The van der Waals surface area contributed by atoms with Crippen LogP contribution in [0.4, 0.5) is 0 Å². The first-order valence-electron chi connectivity index (χ1n) is 7.33. The molecule has 0 aromatic heterocycles. The summed E-state index contributed by atoms with van der Waals surface area (Å²) in [4.78, 5) is 11.2. The largest absolute Gasteiger partial charge is 0.479 e. The molecule has 0 saturated carbocycles. The average Bonchev–Trinajstić information content (AvgIpc) is 2.40. The van der Waals surface area contributed by atoms with Crippen molar-refractivity contribution in [2.75, 3.05) is 6.54 Å². The molecule has 0 aliphatic rings. The Kier molecular flexibility index (Phi) is 7.54. The number of carboxylic acids is 1. The van der Waals surface area contributed by atoms with E-state index < -0.39 is 12.1 Å². The van der Waals surface area contributed by atoms with Crippen molar-refractivity contribution in [1.29, 1.82) is 0 Å². The number of carboxylic acid groups (broad SMARTS) is 1. The lowest BCUT2D eigenvalue weighted by atomic mass is 10.1. The molecular formula is C16H24ClNO3. The molecule has 0 amide bonds. The highest BCUT2D eigenvalue weighted by molar-refractivity contribution is 6.31. The highest BCUT2D eigenvalue weighted by atomic mass is 35.5. The van der Waals surface area contributed by atoms with Gasteiger partial charge in [0.05, 0.1) is 0 Å². The molecule has 1 atom stereocenters. The molecule has 0 aliphatic carbocycles. The zero-order valence-electron chi connectivity index (χ0n) is 12.9. The topological polar surface area (TPSA) is 58.6 Å². The molecule has 0 saturated heterocycles. The highest BCUT2D eigenvalue weighted by Crippen LogP contribution is 2.28. The van der Waals surface area contributed by atoms with Gasteiger partial charge in [-0.3, -0.25) is 0 Å². The van der Waals surface area contributed by atoms with Crippen LogP contribution in [-0.2, 0) is 11.3 Å². The first kappa shape index (κ1) is 17.8. The lowest BCUT2D eigenvalue weighted by Gasteiger charge is -2.18. The lowest BCUT2D eigenvalue weighted by molar-refractivity contribution is -0.145. The summed E-state index contributed by atoms with van der Waals surface area (Å²) in [6.07, 6.45) is 0.386. The zero-order valence-corrected chi connectivity index (χ0v) is 13.6. The van der Waals surface area contributed by atoms with Crippen molar-refractivity contribution < 1.29 is 14.6 Å². The van der Waals surface area contributed by atoms with Gasteiger partial charge in [0.1, 0.15) is 5.75 Å². The van der Waals surface area contributed by atoms with Crippen molar-refractivity contribution in [1.82, 2.24) is 5.32 Å². The molecule has 5 heteroatoms. The van der Waals surface area contributed by atoms with Crippen molar-refractivity contribution in [3.63, 3.8) is 0 Å². The van der Waals surface area contributed by atoms with Crippen LogP contribution < -0.4 is 10.1 Å². The normalized spacial score (nSPS) is 12.4. The lowest BCUT2D eigenvalue weighted by Crippen LogP contribution is -2.28. The Morgan fingerprint density at radius 3 is 2.71 bits per heavy atom. The molecule has 2 N–H and O–H groups in total. The van der Waals surface area contributed by atoms with Gasteiger partial charge in [-0.25, -0.2) is 4.79 Å². The fourth-order valence-corrected chi connectivity index (χ4v) is 2.19. The van der Waals surface area contributed by atoms with Crippen LogP contribution in [0.3, 0.4) is 0 Å². The first-order chi connectivity index (χ1) is 9.95. The Morgan fingerprint density at radius 2 is 2.14 bits per heavy atom. The Morgan fingerprint density at radius 1 is 1.43 bits per heavy atom. The molecule has 1 aromatic carbocycles.